The SMILES string of the molecule is CC[C@H]1CCc2nc(NC(=O)N[C@H]3CCc4ncnn4C3)sc2C1. The van der Waals surface area contributed by atoms with Crippen LogP contribution in [0.3, 0.4) is 0 Å². The molecule has 0 unspecified atom stereocenters. The maximum absolute atomic E-state index is 12.3. The van der Waals surface area contributed by atoms with Crippen LogP contribution >= 0.6 is 11.3 Å². The van der Waals surface area contributed by atoms with Crippen molar-refractivity contribution in [2.24, 2.45) is 5.92 Å². The van der Waals surface area contributed by atoms with Crippen LogP contribution in [0.5, 0.6) is 0 Å². The molecule has 0 bridgehead atoms. The molecule has 0 saturated heterocycles. The van der Waals surface area contributed by atoms with Gasteiger partial charge in [-0.1, -0.05) is 13.3 Å². The Hall–Kier alpha value is -1.96. The van der Waals surface area contributed by atoms with Gasteiger partial charge in [-0.2, -0.15) is 5.10 Å². The van der Waals surface area contributed by atoms with E-state index in [-0.39, 0.29) is 12.1 Å². The number of amides is 2. The van der Waals surface area contributed by atoms with Crippen LogP contribution in [0.2, 0.25) is 0 Å². The van der Waals surface area contributed by atoms with Crippen molar-refractivity contribution < 1.29 is 4.79 Å². The number of thiazole rings is 1. The van der Waals surface area contributed by atoms with E-state index in [1.807, 2.05) is 4.68 Å². The van der Waals surface area contributed by atoms with Gasteiger partial charge in [0, 0.05) is 11.3 Å². The standard InChI is InChI=1S/C16H22N6OS/c1-2-10-3-5-12-13(7-10)24-16(20-12)21-15(23)19-11-4-6-14-17-9-18-22(14)8-11/h9-11H,2-8H2,1H3,(H2,19,20,21,23)/t10-,11-/m0/s1. The molecule has 8 heteroatoms. The van der Waals surface area contributed by atoms with Crippen molar-refractivity contribution in [3.8, 4) is 0 Å². The zero-order chi connectivity index (χ0) is 16.5. The molecule has 24 heavy (non-hydrogen) atoms. The Kier molecular flexibility index (Phi) is 4.22. The van der Waals surface area contributed by atoms with Crippen LogP contribution in [0.4, 0.5) is 9.93 Å². The number of aromatic nitrogens is 4. The predicted octanol–water partition coefficient (Wildman–Crippen LogP) is 2.39. The summed E-state index contributed by atoms with van der Waals surface area (Å²) in [5.41, 5.74) is 1.17. The third kappa shape index (κ3) is 3.15. The first kappa shape index (κ1) is 15.6. The summed E-state index contributed by atoms with van der Waals surface area (Å²) < 4.78 is 1.86. The van der Waals surface area contributed by atoms with Crippen molar-refractivity contribution in [1.82, 2.24) is 25.1 Å². The van der Waals surface area contributed by atoms with E-state index in [1.165, 1.54) is 23.4 Å². The predicted molar refractivity (Wildman–Crippen MR) is 92.2 cm³/mol. The highest BCUT2D eigenvalue weighted by Crippen LogP contribution is 2.33. The number of fused-ring (bicyclic) bond motifs is 2. The molecule has 2 N–H and O–H groups in total. The summed E-state index contributed by atoms with van der Waals surface area (Å²) in [6, 6.07) is -0.0973. The second-order valence-corrected chi connectivity index (χ2v) is 7.68. The molecule has 0 aromatic carbocycles. The zero-order valence-corrected chi connectivity index (χ0v) is 14.6. The Morgan fingerprint density at radius 1 is 1.42 bits per heavy atom. The number of hydrogen-bond donors (Lipinski definition) is 2. The maximum atomic E-state index is 12.3. The van der Waals surface area contributed by atoms with E-state index in [4.69, 9.17) is 0 Å². The molecule has 3 heterocycles. The molecule has 128 valence electrons. The molecule has 4 rings (SSSR count). The Bertz CT molecular complexity index is 739. The normalized spacial score (nSPS) is 22.5. The van der Waals surface area contributed by atoms with Crippen molar-refractivity contribution in [2.45, 2.75) is 58.0 Å². The zero-order valence-electron chi connectivity index (χ0n) is 13.8. The van der Waals surface area contributed by atoms with E-state index in [2.05, 4.69) is 32.6 Å². The Morgan fingerprint density at radius 3 is 3.21 bits per heavy atom. The van der Waals surface area contributed by atoms with Crippen molar-refractivity contribution >= 4 is 22.5 Å². The smallest absolute Gasteiger partial charge is 0.321 e. The Balaban J connectivity index is 1.35. The number of carbonyl (C=O) groups is 1. The summed E-state index contributed by atoms with van der Waals surface area (Å²) in [7, 11) is 0. The average molecular weight is 346 g/mol. The molecule has 0 spiro atoms. The molecular formula is C16H22N6OS. The van der Waals surface area contributed by atoms with E-state index in [9.17, 15) is 4.79 Å². The molecule has 0 fully saturated rings. The lowest BCUT2D eigenvalue weighted by Gasteiger charge is -2.23. The fourth-order valence-corrected chi connectivity index (χ4v) is 4.64. The fraction of sp³-hybridized carbons (Fsp3) is 0.625. The molecule has 7 nitrogen and oxygen atoms in total. The van der Waals surface area contributed by atoms with Crippen LogP contribution in [0.25, 0.3) is 0 Å². The molecule has 2 aromatic rings. The van der Waals surface area contributed by atoms with Crippen molar-refractivity contribution in [3.63, 3.8) is 0 Å². The summed E-state index contributed by atoms with van der Waals surface area (Å²) in [5, 5.41) is 10.8. The molecular weight excluding hydrogens is 324 g/mol. The van der Waals surface area contributed by atoms with E-state index in [0.717, 1.165) is 37.4 Å². The van der Waals surface area contributed by atoms with Gasteiger partial charge in [0.15, 0.2) is 5.13 Å². The van der Waals surface area contributed by atoms with Gasteiger partial charge in [0.05, 0.1) is 18.3 Å². The van der Waals surface area contributed by atoms with E-state index >= 15 is 0 Å². The number of carbonyl (C=O) groups excluding carboxylic acids is 1. The van der Waals surface area contributed by atoms with Gasteiger partial charge in [-0.15, -0.1) is 11.3 Å². The van der Waals surface area contributed by atoms with Crippen molar-refractivity contribution in [1.29, 1.82) is 0 Å². The van der Waals surface area contributed by atoms with Crippen LogP contribution in [0.1, 0.15) is 42.6 Å². The van der Waals surface area contributed by atoms with Crippen molar-refractivity contribution in [3.05, 3.63) is 22.7 Å². The Labute approximate surface area is 144 Å². The molecule has 2 atom stereocenters. The maximum Gasteiger partial charge on any atom is 0.321 e. The summed E-state index contributed by atoms with van der Waals surface area (Å²) in [4.78, 5) is 22.4. The highest BCUT2D eigenvalue weighted by molar-refractivity contribution is 7.15. The minimum absolute atomic E-state index is 0.0817. The lowest BCUT2D eigenvalue weighted by molar-refractivity contribution is 0.243. The minimum Gasteiger partial charge on any atom is -0.333 e. The van der Waals surface area contributed by atoms with Crippen LogP contribution in [-0.2, 0) is 25.8 Å². The van der Waals surface area contributed by atoms with Gasteiger partial charge in [-0.05, 0) is 31.6 Å². The number of aryl methyl sites for hydroxylation is 2. The lowest BCUT2D eigenvalue weighted by atomic mass is 9.89. The van der Waals surface area contributed by atoms with Gasteiger partial charge in [0.25, 0.3) is 0 Å². The van der Waals surface area contributed by atoms with Gasteiger partial charge in [0.2, 0.25) is 0 Å². The summed E-state index contributed by atoms with van der Waals surface area (Å²) >= 11 is 1.62. The number of urea groups is 1. The average Bonchev–Trinajstić information content (AvgIpc) is 3.19. The lowest BCUT2D eigenvalue weighted by Crippen LogP contribution is -2.43. The summed E-state index contributed by atoms with van der Waals surface area (Å²) in [6.45, 7) is 2.92. The first-order valence-corrected chi connectivity index (χ1v) is 9.45. The van der Waals surface area contributed by atoms with Crippen LogP contribution in [0, 0.1) is 5.92 Å². The number of nitrogens with one attached hydrogen (secondary N) is 2. The highest BCUT2D eigenvalue weighted by atomic mass is 32.1. The second-order valence-electron chi connectivity index (χ2n) is 6.60. The first-order chi connectivity index (χ1) is 11.7. The molecule has 2 aliphatic rings. The second kappa shape index (κ2) is 6.51. The van der Waals surface area contributed by atoms with Gasteiger partial charge in [0.1, 0.15) is 12.2 Å². The summed E-state index contributed by atoms with van der Waals surface area (Å²) in [5.74, 6) is 1.75. The molecule has 0 radical (unpaired) electrons. The fourth-order valence-electron chi connectivity index (χ4n) is 3.52. The topological polar surface area (TPSA) is 84.7 Å². The van der Waals surface area contributed by atoms with Gasteiger partial charge in [-0.3, -0.25) is 5.32 Å². The van der Waals surface area contributed by atoms with E-state index in [1.54, 1.807) is 17.7 Å². The molecule has 1 aliphatic carbocycles. The van der Waals surface area contributed by atoms with E-state index in [0.29, 0.717) is 11.7 Å². The van der Waals surface area contributed by atoms with Crippen LogP contribution in [0.15, 0.2) is 6.33 Å². The minimum atomic E-state index is -0.179. The highest BCUT2D eigenvalue weighted by Gasteiger charge is 2.24. The van der Waals surface area contributed by atoms with Crippen LogP contribution < -0.4 is 10.6 Å². The monoisotopic (exact) mass is 346 g/mol. The largest absolute Gasteiger partial charge is 0.333 e. The number of anilines is 1. The summed E-state index contributed by atoms with van der Waals surface area (Å²) in [6.07, 6.45) is 7.86. The number of rotatable bonds is 3. The molecule has 1 aliphatic heterocycles. The third-order valence-electron chi connectivity index (χ3n) is 4.98. The number of nitrogens with zero attached hydrogens (tertiary/aromatic N) is 4. The molecule has 0 saturated carbocycles. The van der Waals surface area contributed by atoms with E-state index < -0.39 is 0 Å². The third-order valence-corrected chi connectivity index (χ3v) is 6.02. The van der Waals surface area contributed by atoms with Gasteiger partial charge >= 0.3 is 6.03 Å². The quantitative estimate of drug-likeness (QED) is 0.894. The van der Waals surface area contributed by atoms with Crippen LogP contribution in [-0.4, -0.2) is 31.8 Å². The van der Waals surface area contributed by atoms with Gasteiger partial charge in [-0.25, -0.2) is 19.4 Å². The molecule has 2 amide bonds. The van der Waals surface area contributed by atoms with Crippen molar-refractivity contribution in [2.75, 3.05) is 5.32 Å². The van der Waals surface area contributed by atoms with Gasteiger partial charge < -0.3 is 5.32 Å². The Morgan fingerprint density at radius 2 is 2.33 bits per heavy atom. The number of hydrogen-bond acceptors (Lipinski definition) is 5. The first-order valence-electron chi connectivity index (χ1n) is 8.64. The molecule has 2 aromatic heterocycles.